The molecule has 1 fully saturated rings. The number of benzene rings is 1. The molecule has 1 aromatic heterocycles. The van der Waals surface area contributed by atoms with Gasteiger partial charge in [0.15, 0.2) is 11.7 Å². The third kappa shape index (κ3) is 4.99. The Kier molecular flexibility index (Phi) is 6.32. The molecule has 0 aliphatic heterocycles. The number of nitrogens with zero attached hydrogens (tertiary/aromatic N) is 1. The number of para-hydroxylation sites is 2. The summed E-state index contributed by atoms with van der Waals surface area (Å²) >= 11 is 0. The highest BCUT2D eigenvalue weighted by Gasteiger charge is 2.22. The SMILES string of the molecule is C[C@H](OC(=O)CCn1c(=O)oc2ccccc21)C(=O)NC1CCCCCC1. The molecule has 7 heteroatoms. The van der Waals surface area contributed by atoms with E-state index in [0.29, 0.717) is 11.1 Å². The van der Waals surface area contributed by atoms with Crippen molar-refractivity contribution in [3.05, 3.63) is 34.8 Å². The number of hydrogen-bond donors (Lipinski definition) is 1. The summed E-state index contributed by atoms with van der Waals surface area (Å²) in [7, 11) is 0. The summed E-state index contributed by atoms with van der Waals surface area (Å²) in [4.78, 5) is 36.3. The fourth-order valence-corrected chi connectivity index (χ4v) is 3.48. The van der Waals surface area contributed by atoms with Gasteiger partial charge in [-0.25, -0.2) is 4.79 Å². The van der Waals surface area contributed by atoms with Gasteiger partial charge in [0.1, 0.15) is 0 Å². The van der Waals surface area contributed by atoms with Crippen molar-refractivity contribution in [2.75, 3.05) is 0 Å². The van der Waals surface area contributed by atoms with E-state index in [9.17, 15) is 14.4 Å². The van der Waals surface area contributed by atoms with Crippen LogP contribution in [0.3, 0.4) is 0 Å². The van der Waals surface area contributed by atoms with Crippen molar-refractivity contribution in [2.45, 2.75) is 70.6 Å². The quantitative estimate of drug-likeness (QED) is 0.620. The zero-order valence-electron chi connectivity index (χ0n) is 15.6. The minimum absolute atomic E-state index is 0.00944. The maximum absolute atomic E-state index is 12.3. The van der Waals surface area contributed by atoms with Crippen LogP contribution in [0.4, 0.5) is 0 Å². The number of carbonyl (C=O) groups excluding carboxylic acids is 2. The number of rotatable bonds is 6. The number of amides is 1. The topological polar surface area (TPSA) is 90.5 Å². The van der Waals surface area contributed by atoms with E-state index in [1.807, 2.05) is 0 Å². The molecule has 1 saturated carbocycles. The number of nitrogens with one attached hydrogen (secondary N) is 1. The lowest BCUT2D eigenvalue weighted by molar-refractivity contribution is -0.155. The molecule has 1 atom stereocenters. The molecule has 0 spiro atoms. The number of fused-ring (bicyclic) bond motifs is 1. The number of oxazole rings is 1. The van der Waals surface area contributed by atoms with Crippen LogP contribution < -0.4 is 11.1 Å². The van der Waals surface area contributed by atoms with Crippen LogP contribution in [0.25, 0.3) is 11.1 Å². The minimum atomic E-state index is -0.849. The molecule has 1 N–H and O–H groups in total. The lowest BCUT2D eigenvalue weighted by Gasteiger charge is -2.19. The van der Waals surface area contributed by atoms with Crippen LogP contribution in [0.1, 0.15) is 51.9 Å². The molecule has 0 saturated heterocycles. The van der Waals surface area contributed by atoms with E-state index < -0.39 is 17.8 Å². The van der Waals surface area contributed by atoms with Crippen molar-refractivity contribution in [1.82, 2.24) is 9.88 Å². The van der Waals surface area contributed by atoms with Crippen molar-refractivity contribution in [3.8, 4) is 0 Å². The third-order valence-corrected chi connectivity index (χ3v) is 4.99. The van der Waals surface area contributed by atoms with Gasteiger partial charge in [-0.3, -0.25) is 14.2 Å². The molecule has 2 aromatic rings. The van der Waals surface area contributed by atoms with Gasteiger partial charge in [0.25, 0.3) is 5.91 Å². The summed E-state index contributed by atoms with van der Waals surface area (Å²) in [5.41, 5.74) is 1.11. The molecule has 27 heavy (non-hydrogen) atoms. The maximum Gasteiger partial charge on any atom is 0.419 e. The molecule has 1 aliphatic carbocycles. The van der Waals surface area contributed by atoms with E-state index in [0.717, 1.165) is 25.7 Å². The number of carbonyl (C=O) groups is 2. The monoisotopic (exact) mass is 374 g/mol. The van der Waals surface area contributed by atoms with Crippen LogP contribution in [0.5, 0.6) is 0 Å². The molecular formula is C20H26N2O5. The van der Waals surface area contributed by atoms with Gasteiger partial charge in [0.2, 0.25) is 0 Å². The lowest BCUT2D eigenvalue weighted by atomic mass is 10.1. The maximum atomic E-state index is 12.3. The van der Waals surface area contributed by atoms with Crippen LogP contribution in [-0.4, -0.2) is 28.6 Å². The van der Waals surface area contributed by atoms with Gasteiger partial charge in [0, 0.05) is 12.6 Å². The Bertz CT molecular complexity index is 845. The predicted molar refractivity (Wildman–Crippen MR) is 100 cm³/mol. The van der Waals surface area contributed by atoms with Crippen molar-refractivity contribution < 1.29 is 18.7 Å². The summed E-state index contributed by atoms with van der Waals surface area (Å²) in [6.07, 6.45) is 5.74. The molecule has 1 amide bonds. The minimum Gasteiger partial charge on any atom is -0.452 e. The van der Waals surface area contributed by atoms with E-state index >= 15 is 0 Å². The summed E-state index contributed by atoms with van der Waals surface area (Å²) in [5, 5.41) is 2.98. The summed E-state index contributed by atoms with van der Waals surface area (Å²) < 4.78 is 11.8. The van der Waals surface area contributed by atoms with Crippen LogP contribution >= 0.6 is 0 Å². The molecule has 0 bridgehead atoms. The predicted octanol–water partition coefficient (Wildman–Crippen LogP) is 2.76. The molecule has 0 radical (unpaired) electrons. The molecular weight excluding hydrogens is 348 g/mol. The highest BCUT2D eigenvalue weighted by Crippen LogP contribution is 2.17. The second-order valence-corrected chi connectivity index (χ2v) is 7.07. The normalized spacial score (nSPS) is 16.6. The fraction of sp³-hybridized carbons (Fsp3) is 0.550. The average molecular weight is 374 g/mol. The van der Waals surface area contributed by atoms with Crippen molar-refractivity contribution >= 4 is 23.0 Å². The van der Waals surface area contributed by atoms with E-state index in [1.54, 1.807) is 31.2 Å². The van der Waals surface area contributed by atoms with E-state index in [2.05, 4.69) is 5.32 Å². The lowest BCUT2D eigenvalue weighted by Crippen LogP contribution is -2.42. The van der Waals surface area contributed by atoms with Crippen molar-refractivity contribution in [3.63, 3.8) is 0 Å². The molecule has 1 aliphatic rings. The first kappa shape index (κ1) is 19.2. The molecule has 1 aromatic carbocycles. The number of aromatic nitrogens is 1. The van der Waals surface area contributed by atoms with E-state index in [1.165, 1.54) is 17.4 Å². The zero-order valence-corrected chi connectivity index (χ0v) is 15.6. The van der Waals surface area contributed by atoms with Gasteiger partial charge in [-0.05, 0) is 31.9 Å². The summed E-state index contributed by atoms with van der Waals surface area (Å²) in [6.45, 7) is 1.72. The fourth-order valence-electron chi connectivity index (χ4n) is 3.48. The molecule has 3 rings (SSSR count). The Morgan fingerprint density at radius 1 is 1.22 bits per heavy atom. The van der Waals surface area contributed by atoms with E-state index in [4.69, 9.17) is 9.15 Å². The molecule has 0 unspecified atom stereocenters. The zero-order chi connectivity index (χ0) is 19.2. The van der Waals surface area contributed by atoms with Crippen molar-refractivity contribution in [2.24, 2.45) is 0 Å². The van der Waals surface area contributed by atoms with Gasteiger partial charge >= 0.3 is 11.7 Å². The van der Waals surface area contributed by atoms with E-state index in [-0.39, 0.29) is 24.9 Å². The average Bonchev–Trinajstić information content (AvgIpc) is 2.80. The van der Waals surface area contributed by atoms with Crippen LogP contribution in [0.15, 0.2) is 33.5 Å². The Morgan fingerprint density at radius 2 is 1.93 bits per heavy atom. The largest absolute Gasteiger partial charge is 0.452 e. The highest BCUT2D eigenvalue weighted by atomic mass is 16.5. The standard InChI is InChI=1S/C20H26N2O5/c1-14(19(24)21-15-8-4-2-3-5-9-15)26-18(23)12-13-22-16-10-6-7-11-17(16)27-20(22)25/h6-7,10-11,14-15H,2-5,8-9,12-13H2,1H3,(H,21,24)/t14-/m0/s1. The molecule has 1 heterocycles. The van der Waals surface area contributed by atoms with Gasteiger partial charge in [-0.1, -0.05) is 37.8 Å². The second-order valence-electron chi connectivity index (χ2n) is 7.07. The molecule has 7 nitrogen and oxygen atoms in total. The number of aryl methyl sites for hydroxylation is 1. The smallest absolute Gasteiger partial charge is 0.419 e. The summed E-state index contributed by atoms with van der Waals surface area (Å²) in [6, 6.07) is 7.20. The first-order valence-electron chi connectivity index (χ1n) is 9.63. The Morgan fingerprint density at radius 3 is 2.67 bits per heavy atom. The number of ether oxygens (including phenoxy) is 1. The van der Waals surface area contributed by atoms with Gasteiger partial charge in [0.05, 0.1) is 11.9 Å². The highest BCUT2D eigenvalue weighted by molar-refractivity contribution is 5.83. The summed E-state index contributed by atoms with van der Waals surface area (Å²) in [5.74, 6) is -1.29. The Labute approximate surface area is 157 Å². The Hall–Kier alpha value is -2.57. The molecule has 146 valence electrons. The number of hydrogen-bond acceptors (Lipinski definition) is 5. The van der Waals surface area contributed by atoms with Crippen LogP contribution in [0.2, 0.25) is 0 Å². The third-order valence-electron chi connectivity index (χ3n) is 4.99. The number of esters is 1. The van der Waals surface area contributed by atoms with Crippen molar-refractivity contribution in [1.29, 1.82) is 0 Å². The van der Waals surface area contributed by atoms with Gasteiger partial charge in [-0.2, -0.15) is 0 Å². The van der Waals surface area contributed by atoms with Gasteiger partial charge < -0.3 is 14.5 Å². The van der Waals surface area contributed by atoms with Crippen LogP contribution in [0, 0.1) is 0 Å². The Balaban J connectivity index is 1.50. The second kappa shape index (κ2) is 8.88. The first-order valence-corrected chi connectivity index (χ1v) is 9.63. The van der Waals surface area contributed by atoms with Gasteiger partial charge in [-0.15, -0.1) is 0 Å². The van der Waals surface area contributed by atoms with Crippen LogP contribution in [-0.2, 0) is 20.9 Å². The first-order chi connectivity index (χ1) is 13.0.